The minimum Gasteiger partial charge on any atom is -0.342 e. The van der Waals surface area contributed by atoms with Crippen molar-refractivity contribution in [2.75, 3.05) is 18.0 Å². The molecule has 0 amide bonds. The van der Waals surface area contributed by atoms with E-state index in [4.69, 9.17) is 5.73 Å². The maximum atomic E-state index is 6.36. The highest BCUT2D eigenvalue weighted by Gasteiger charge is 2.43. The standard InChI is InChI=1S/C14H19BrN6/c15-10-8-17-13(21-9-18-19-12(10)21)20-6-4-14(5-7-20)3-1-2-11(14)16/h8-9,11H,1-7,16H2/t11-/m1/s1. The smallest absolute Gasteiger partial charge is 0.212 e. The van der Waals surface area contributed by atoms with Crippen LogP contribution in [0, 0.1) is 5.41 Å². The number of piperidine rings is 1. The summed E-state index contributed by atoms with van der Waals surface area (Å²) >= 11 is 3.47. The molecule has 4 rings (SSSR count). The average molecular weight is 351 g/mol. The van der Waals surface area contributed by atoms with Crippen molar-refractivity contribution in [1.29, 1.82) is 0 Å². The van der Waals surface area contributed by atoms with Crippen LogP contribution in [0.3, 0.4) is 0 Å². The van der Waals surface area contributed by atoms with E-state index in [0.717, 1.165) is 42.0 Å². The third-order valence-corrected chi connectivity index (χ3v) is 5.85. The summed E-state index contributed by atoms with van der Waals surface area (Å²) < 4.78 is 2.83. The Balaban J connectivity index is 1.61. The Morgan fingerprint density at radius 1 is 1.29 bits per heavy atom. The van der Waals surface area contributed by atoms with E-state index < -0.39 is 0 Å². The molecule has 2 aromatic rings. The Morgan fingerprint density at radius 2 is 2.10 bits per heavy atom. The molecule has 1 aliphatic carbocycles. The first kappa shape index (κ1) is 13.5. The number of hydrogen-bond donors (Lipinski definition) is 1. The van der Waals surface area contributed by atoms with Crippen LogP contribution in [0.1, 0.15) is 32.1 Å². The lowest BCUT2D eigenvalue weighted by atomic mass is 9.74. The lowest BCUT2D eigenvalue weighted by molar-refractivity contribution is 0.197. The van der Waals surface area contributed by atoms with E-state index in [1.165, 1.54) is 19.3 Å². The lowest BCUT2D eigenvalue weighted by Gasteiger charge is -2.42. The molecule has 0 unspecified atom stereocenters. The van der Waals surface area contributed by atoms with Crippen molar-refractivity contribution < 1.29 is 0 Å². The summed E-state index contributed by atoms with van der Waals surface area (Å²) in [4.78, 5) is 6.90. The van der Waals surface area contributed by atoms with Crippen LogP contribution in [0.25, 0.3) is 5.65 Å². The molecule has 1 spiro atoms. The summed E-state index contributed by atoms with van der Waals surface area (Å²) in [7, 11) is 0. The topological polar surface area (TPSA) is 72.3 Å². The summed E-state index contributed by atoms with van der Waals surface area (Å²) in [6.07, 6.45) is 9.63. The van der Waals surface area contributed by atoms with E-state index in [1.54, 1.807) is 6.33 Å². The molecule has 0 bridgehead atoms. The fourth-order valence-electron chi connectivity index (χ4n) is 3.95. The van der Waals surface area contributed by atoms with Gasteiger partial charge in [0.25, 0.3) is 0 Å². The second-order valence-corrected chi connectivity index (χ2v) is 7.13. The van der Waals surface area contributed by atoms with Gasteiger partial charge in [0.1, 0.15) is 6.33 Å². The van der Waals surface area contributed by atoms with Crippen molar-refractivity contribution in [3.05, 3.63) is 17.0 Å². The van der Waals surface area contributed by atoms with E-state index in [0.29, 0.717) is 11.5 Å². The number of halogens is 1. The van der Waals surface area contributed by atoms with Gasteiger partial charge in [-0.3, -0.25) is 0 Å². The number of nitrogens with two attached hydrogens (primary N) is 1. The van der Waals surface area contributed by atoms with Crippen LogP contribution in [0.15, 0.2) is 17.0 Å². The molecule has 1 saturated carbocycles. The maximum Gasteiger partial charge on any atom is 0.212 e. The first-order chi connectivity index (χ1) is 10.2. The second kappa shape index (κ2) is 4.91. The van der Waals surface area contributed by atoms with Gasteiger partial charge in [0.15, 0.2) is 5.65 Å². The van der Waals surface area contributed by atoms with E-state index >= 15 is 0 Å². The molecular weight excluding hydrogens is 332 g/mol. The van der Waals surface area contributed by atoms with Gasteiger partial charge in [0, 0.05) is 25.3 Å². The van der Waals surface area contributed by atoms with Gasteiger partial charge in [-0.25, -0.2) is 9.38 Å². The van der Waals surface area contributed by atoms with E-state index in [2.05, 4.69) is 36.0 Å². The van der Waals surface area contributed by atoms with Crippen molar-refractivity contribution in [2.45, 2.75) is 38.1 Å². The average Bonchev–Trinajstić information content (AvgIpc) is 3.10. The van der Waals surface area contributed by atoms with Crippen molar-refractivity contribution >= 4 is 27.5 Å². The van der Waals surface area contributed by atoms with Crippen molar-refractivity contribution in [3.63, 3.8) is 0 Å². The van der Waals surface area contributed by atoms with Gasteiger partial charge >= 0.3 is 0 Å². The predicted molar refractivity (Wildman–Crippen MR) is 84.2 cm³/mol. The van der Waals surface area contributed by atoms with Gasteiger partial charge in [-0.15, -0.1) is 10.2 Å². The lowest BCUT2D eigenvalue weighted by Crippen LogP contribution is -2.47. The third kappa shape index (κ3) is 2.05. The quantitative estimate of drug-likeness (QED) is 0.851. The number of nitrogens with zero attached hydrogens (tertiary/aromatic N) is 5. The molecule has 2 fully saturated rings. The Morgan fingerprint density at radius 3 is 2.81 bits per heavy atom. The van der Waals surface area contributed by atoms with Crippen molar-refractivity contribution in [3.8, 4) is 0 Å². The molecule has 6 nitrogen and oxygen atoms in total. The molecule has 3 heterocycles. The fourth-order valence-corrected chi connectivity index (χ4v) is 4.32. The highest BCUT2D eigenvalue weighted by Crippen LogP contribution is 2.45. The van der Waals surface area contributed by atoms with Gasteiger partial charge in [-0.1, -0.05) is 6.42 Å². The van der Waals surface area contributed by atoms with E-state index in [9.17, 15) is 0 Å². The summed E-state index contributed by atoms with van der Waals surface area (Å²) in [5.41, 5.74) is 7.55. The van der Waals surface area contributed by atoms with Crippen LogP contribution in [-0.4, -0.2) is 38.7 Å². The molecule has 7 heteroatoms. The summed E-state index contributed by atoms with van der Waals surface area (Å²) in [5, 5.41) is 8.13. The molecule has 21 heavy (non-hydrogen) atoms. The second-order valence-electron chi connectivity index (χ2n) is 6.28. The van der Waals surface area contributed by atoms with Crippen LogP contribution in [0.5, 0.6) is 0 Å². The zero-order chi connectivity index (χ0) is 14.4. The van der Waals surface area contributed by atoms with Crippen LogP contribution in [0.2, 0.25) is 0 Å². The molecule has 1 atom stereocenters. The largest absolute Gasteiger partial charge is 0.342 e. The fraction of sp³-hybridized carbons (Fsp3) is 0.643. The third-order valence-electron chi connectivity index (χ3n) is 5.29. The zero-order valence-corrected chi connectivity index (χ0v) is 13.5. The summed E-state index contributed by atoms with van der Waals surface area (Å²) in [5.74, 6) is 0.930. The predicted octanol–water partition coefficient (Wildman–Crippen LogP) is 1.98. The number of fused-ring (bicyclic) bond motifs is 1. The maximum absolute atomic E-state index is 6.36. The minimum absolute atomic E-state index is 0.373. The van der Waals surface area contributed by atoms with Gasteiger partial charge in [0.2, 0.25) is 5.95 Å². The normalized spacial score (nSPS) is 25.0. The zero-order valence-electron chi connectivity index (χ0n) is 11.9. The molecule has 2 aromatic heterocycles. The molecule has 112 valence electrons. The molecule has 0 radical (unpaired) electrons. The van der Waals surface area contributed by atoms with E-state index in [-0.39, 0.29) is 0 Å². The van der Waals surface area contributed by atoms with Crippen molar-refractivity contribution in [1.82, 2.24) is 19.6 Å². The van der Waals surface area contributed by atoms with Gasteiger partial charge in [-0.05, 0) is 47.0 Å². The number of aromatic nitrogens is 4. The molecule has 2 N–H and O–H groups in total. The monoisotopic (exact) mass is 350 g/mol. The Kier molecular flexibility index (Phi) is 3.15. The molecule has 2 aliphatic rings. The SMILES string of the molecule is N[C@@H]1CCCC12CCN(c1ncc(Br)c3nncn13)CC2. The first-order valence-electron chi connectivity index (χ1n) is 7.54. The molecule has 1 aliphatic heterocycles. The van der Waals surface area contributed by atoms with Gasteiger partial charge in [0.05, 0.1) is 4.47 Å². The highest BCUT2D eigenvalue weighted by molar-refractivity contribution is 9.10. The van der Waals surface area contributed by atoms with Crippen LogP contribution in [-0.2, 0) is 0 Å². The van der Waals surface area contributed by atoms with E-state index in [1.807, 2.05) is 10.6 Å². The van der Waals surface area contributed by atoms with Crippen molar-refractivity contribution in [2.24, 2.45) is 11.1 Å². The Bertz CT molecular complexity index is 661. The van der Waals surface area contributed by atoms with Gasteiger partial charge in [-0.2, -0.15) is 0 Å². The Labute approximate surface area is 131 Å². The van der Waals surface area contributed by atoms with Crippen LogP contribution >= 0.6 is 15.9 Å². The Hall–Kier alpha value is -1.21. The minimum atomic E-state index is 0.373. The molecule has 1 saturated heterocycles. The highest BCUT2D eigenvalue weighted by atomic mass is 79.9. The van der Waals surface area contributed by atoms with Crippen LogP contribution in [0.4, 0.5) is 5.95 Å². The number of hydrogen-bond acceptors (Lipinski definition) is 5. The summed E-state index contributed by atoms with van der Waals surface area (Å²) in [6.45, 7) is 2.02. The number of anilines is 1. The molecule has 0 aromatic carbocycles. The first-order valence-corrected chi connectivity index (χ1v) is 8.34. The van der Waals surface area contributed by atoms with Crippen LogP contribution < -0.4 is 10.6 Å². The molecular formula is C14H19BrN6. The van der Waals surface area contributed by atoms with Gasteiger partial charge < -0.3 is 10.6 Å². The number of rotatable bonds is 1. The summed E-state index contributed by atoms with van der Waals surface area (Å²) in [6, 6.07) is 0.382.